The molecule has 2 heterocycles. The average molecular weight is 392 g/mol. The van der Waals surface area contributed by atoms with Crippen LogP contribution in [0, 0.1) is 12.7 Å². The van der Waals surface area contributed by atoms with Crippen molar-refractivity contribution in [2.24, 2.45) is 0 Å². The van der Waals surface area contributed by atoms with Crippen LogP contribution in [0.15, 0.2) is 29.8 Å². The lowest BCUT2D eigenvalue weighted by Gasteiger charge is -2.37. The fourth-order valence-electron chi connectivity index (χ4n) is 3.41. The number of hydrogen-bond acceptors (Lipinski definition) is 5. The molecule has 2 aromatic rings. The predicted octanol–water partition coefficient (Wildman–Crippen LogP) is 3.58. The van der Waals surface area contributed by atoms with Crippen LogP contribution in [-0.2, 0) is 22.7 Å². The zero-order chi connectivity index (χ0) is 19.2. The third kappa shape index (κ3) is 5.34. The van der Waals surface area contributed by atoms with Gasteiger partial charge in [0.05, 0.1) is 17.2 Å². The van der Waals surface area contributed by atoms with E-state index in [2.05, 4.69) is 16.8 Å². The van der Waals surface area contributed by atoms with E-state index in [-0.39, 0.29) is 24.4 Å². The minimum absolute atomic E-state index is 0.0377. The number of benzene rings is 1. The number of aryl methyl sites for hydroxylation is 1. The molecule has 0 N–H and O–H groups in total. The molecule has 0 radical (unpaired) electrons. The van der Waals surface area contributed by atoms with E-state index in [0.29, 0.717) is 5.56 Å². The maximum absolute atomic E-state index is 13.8. The molecule has 0 spiro atoms. The van der Waals surface area contributed by atoms with E-state index in [9.17, 15) is 9.18 Å². The van der Waals surface area contributed by atoms with E-state index in [1.54, 1.807) is 29.5 Å². The van der Waals surface area contributed by atoms with Crippen LogP contribution in [0.5, 0.6) is 0 Å². The van der Waals surface area contributed by atoms with Crippen molar-refractivity contribution in [1.29, 1.82) is 0 Å². The number of rotatable bonds is 7. The number of piperidine rings is 1. The Labute approximate surface area is 163 Å². The fraction of sp³-hybridized carbons (Fsp3) is 0.500. The molecule has 0 bridgehead atoms. The highest BCUT2D eigenvalue weighted by Crippen LogP contribution is 2.20. The summed E-state index contributed by atoms with van der Waals surface area (Å²) in [6.07, 6.45) is 2.73. The molecule has 5 nitrogen and oxygen atoms in total. The summed E-state index contributed by atoms with van der Waals surface area (Å²) in [6, 6.07) is 6.53. The molecule has 1 amide bonds. The first kappa shape index (κ1) is 19.9. The number of carbonyl (C=O) groups excluding carboxylic acids is 1. The lowest BCUT2D eigenvalue weighted by molar-refractivity contribution is -0.208. The number of halogens is 1. The van der Waals surface area contributed by atoms with E-state index in [1.807, 2.05) is 5.51 Å². The van der Waals surface area contributed by atoms with Crippen LogP contribution in [0.4, 0.5) is 4.39 Å². The predicted molar refractivity (Wildman–Crippen MR) is 104 cm³/mol. The van der Waals surface area contributed by atoms with E-state index < -0.39 is 0 Å². The van der Waals surface area contributed by atoms with Gasteiger partial charge < -0.3 is 4.90 Å². The van der Waals surface area contributed by atoms with Crippen molar-refractivity contribution in [3.8, 4) is 0 Å². The average Bonchev–Trinajstić information content (AvgIpc) is 3.07. The Hall–Kier alpha value is -1.83. The Balaban J connectivity index is 1.49. The van der Waals surface area contributed by atoms with Crippen molar-refractivity contribution in [3.63, 3.8) is 0 Å². The van der Waals surface area contributed by atoms with Crippen molar-refractivity contribution in [1.82, 2.24) is 14.9 Å². The minimum atomic E-state index is -0.311. The Morgan fingerprint density at radius 2 is 2.11 bits per heavy atom. The first-order valence-corrected chi connectivity index (χ1v) is 10.2. The van der Waals surface area contributed by atoms with Gasteiger partial charge in [0.1, 0.15) is 12.4 Å². The van der Waals surface area contributed by atoms with Gasteiger partial charge in [-0.2, -0.15) is 0 Å². The Kier molecular flexibility index (Phi) is 6.93. The summed E-state index contributed by atoms with van der Waals surface area (Å²) in [5.74, 6) is -0.445. The van der Waals surface area contributed by atoms with Gasteiger partial charge in [-0.05, 0) is 32.3 Å². The van der Waals surface area contributed by atoms with Crippen LogP contribution in [-0.4, -0.2) is 46.5 Å². The Morgan fingerprint density at radius 3 is 2.74 bits per heavy atom. The molecule has 0 aliphatic carbocycles. The van der Waals surface area contributed by atoms with Gasteiger partial charge in [0.25, 0.3) is 0 Å². The molecule has 1 fully saturated rings. The third-order valence-corrected chi connectivity index (χ3v) is 6.01. The second-order valence-corrected chi connectivity index (χ2v) is 7.83. The number of carbonyl (C=O) groups is 1. The quantitative estimate of drug-likeness (QED) is 0.677. The number of hydroxylamine groups is 2. The monoisotopic (exact) mass is 391 g/mol. The number of amides is 1. The highest BCUT2D eigenvalue weighted by atomic mass is 32.1. The number of nitrogens with zero attached hydrogens (tertiary/aromatic N) is 3. The molecule has 1 aliphatic heterocycles. The van der Waals surface area contributed by atoms with Gasteiger partial charge in [0.15, 0.2) is 0 Å². The van der Waals surface area contributed by atoms with Crippen LogP contribution < -0.4 is 0 Å². The molecule has 3 rings (SSSR count). The number of aromatic nitrogens is 1. The molecule has 7 heteroatoms. The number of thiazole rings is 1. The highest BCUT2D eigenvalue weighted by molar-refractivity contribution is 7.09. The molecule has 0 atom stereocenters. The van der Waals surface area contributed by atoms with Crippen LogP contribution in [0.1, 0.15) is 35.9 Å². The Morgan fingerprint density at radius 1 is 1.37 bits per heavy atom. The number of likely N-dealkylation sites (tertiary alicyclic amines) is 1. The first-order valence-electron chi connectivity index (χ1n) is 9.32. The molecule has 1 aliphatic rings. The third-order valence-electron chi connectivity index (χ3n) is 5.02. The summed E-state index contributed by atoms with van der Waals surface area (Å²) in [4.78, 5) is 25.8. The summed E-state index contributed by atoms with van der Waals surface area (Å²) in [6.45, 7) is 6.48. The second kappa shape index (κ2) is 9.39. The standard InChI is InChI=1S/C20H26FN3O2S/c1-15-20(27-14-22-15)9-12-23-10-7-18(8-11-23)24(16(2)25)26-13-17-5-3-4-6-19(17)21/h3-6,14,18H,7-13H2,1-2H3. The van der Waals surface area contributed by atoms with E-state index in [1.165, 1.54) is 22.9 Å². The van der Waals surface area contributed by atoms with Crippen molar-refractivity contribution in [2.45, 2.75) is 45.8 Å². The summed E-state index contributed by atoms with van der Waals surface area (Å²) >= 11 is 1.71. The smallest absolute Gasteiger partial charge is 0.243 e. The lowest BCUT2D eigenvalue weighted by Crippen LogP contribution is -2.47. The second-order valence-electron chi connectivity index (χ2n) is 6.89. The largest absolute Gasteiger partial charge is 0.303 e. The van der Waals surface area contributed by atoms with Gasteiger partial charge in [-0.3, -0.25) is 9.63 Å². The van der Waals surface area contributed by atoms with E-state index in [0.717, 1.165) is 44.6 Å². The first-order chi connectivity index (χ1) is 13.0. The highest BCUT2D eigenvalue weighted by Gasteiger charge is 2.27. The van der Waals surface area contributed by atoms with Gasteiger partial charge >= 0.3 is 0 Å². The van der Waals surface area contributed by atoms with Gasteiger partial charge in [-0.1, -0.05) is 18.2 Å². The molecule has 0 saturated carbocycles. The molecule has 27 heavy (non-hydrogen) atoms. The fourth-order valence-corrected chi connectivity index (χ4v) is 4.18. The van der Waals surface area contributed by atoms with Crippen LogP contribution in [0.2, 0.25) is 0 Å². The maximum atomic E-state index is 13.8. The Bertz CT molecular complexity index is 759. The molecule has 0 unspecified atom stereocenters. The summed E-state index contributed by atoms with van der Waals surface area (Å²) < 4.78 is 13.8. The molecular formula is C20H26FN3O2S. The van der Waals surface area contributed by atoms with Crippen LogP contribution in [0.3, 0.4) is 0 Å². The van der Waals surface area contributed by atoms with Gasteiger partial charge in [0.2, 0.25) is 5.91 Å². The molecular weight excluding hydrogens is 365 g/mol. The molecule has 146 valence electrons. The van der Waals surface area contributed by atoms with E-state index in [4.69, 9.17) is 4.84 Å². The molecule has 1 aromatic heterocycles. The van der Waals surface area contributed by atoms with E-state index >= 15 is 0 Å². The zero-order valence-corrected chi connectivity index (χ0v) is 16.7. The normalized spacial score (nSPS) is 15.8. The van der Waals surface area contributed by atoms with Crippen LogP contribution in [0.25, 0.3) is 0 Å². The summed E-state index contributed by atoms with van der Waals surface area (Å²) in [5.41, 5.74) is 3.48. The SMILES string of the molecule is CC(=O)N(OCc1ccccc1F)C1CCN(CCc2scnc2C)CC1. The maximum Gasteiger partial charge on any atom is 0.243 e. The topological polar surface area (TPSA) is 45.7 Å². The summed E-state index contributed by atoms with van der Waals surface area (Å²) in [5, 5.41) is 1.44. The van der Waals surface area contributed by atoms with Crippen molar-refractivity contribution >= 4 is 17.2 Å². The van der Waals surface area contributed by atoms with Gasteiger partial charge in [-0.25, -0.2) is 14.4 Å². The van der Waals surface area contributed by atoms with Crippen molar-refractivity contribution in [3.05, 3.63) is 51.7 Å². The van der Waals surface area contributed by atoms with Gasteiger partial charge in [0, 0.05) is 37.0 Å². The lowest BCUT2D eigenvalue weighted by atomic mass is 10.0. The van der Waals surface area contributed by atoms with Crippen molar-refractivity contribution < 1.29 is 14.0 Å². The molecule has 1 saturated heterocycles. The van der Waals surface area contributed by atoms with Crippen LogP contribution >= 0.6 is 11.3 Å². The zero-order valence-electron chi connectivity index (χ0n) is 15.9. The minimum Gasteiger partial charge on any atom is -0.303 e. The summed E-state index contributed by atoms with van der Waals surface area (Å²) in [7, 11) is 0. The number of hydrogen-bond donors (Lipinski definition) is 0. The van der Waals surface area contributed by atoms with Gasteiger partial charge in [-0.15, -0.1) is 11.3 Å². The molecule has 1 aromatic carbocycles. The van der Waals surface area contributed by atoms with Crippen molar-refractivity contribution in [2.75, 3.05) is 19.6 Å².